The third kappa shape index (κ3) is 0.534. The monoisotopic (exact) mass is 115 g/mol. The second-order valence-electron chi connectivity index (χ2n) is 1.24. The van der Waals surface area contributed by atoms with Crippen LogP contribution in [0.2, 0.25) is 0 Å². The Hall–Kier alpha value is -1.39. The lowest BCUT2D eigenvalue weighted by molar-refractivity contribution is 0.454. The Morgan fingerprint density at radius 2 is 2.12 bits per heavy atom. The summed E-state index contributed by atoms with van der Waals surface area (Å²) < 4.78 is 4.41. The van der Waals surface area contributed by atoms with E-state index in [0.717, 1.165) is 0 Å². The molecule has 0 spiro atoms. The molecule has 0 saturated heterocycles. The van der Waals surface area contributed by atoms with E-state index in [1.54, 1.807) is 0 Å². The van der Waals surface area contributed by atoms with Crippen molar-refractivity contribution in [3.8, 4) is 5.88 Å². The Bertz CT molecular complexity index is 175. The lowest BCUT2D eigenvalue weighted by atomic mass is 10.8. The van der Waals surface area contributed by atoms with Crippen molar-refractivity contribution in [3.63, 3.8) is 0 Å². The van der Waals surface area contributed by atoms with Crippen LogP contribution in [0.1, 0.15) is 0 Å². The number of rotatable bonds is 0. The third-order valence-electron chi connectivity index (χ3n) is 0.651. The van der Waals surface area contributed by atoms with Crippen LogP contribution in [0.4, 0.5) is 11.9 Å². The number of oxazole rings is 1. The molecule has 5 N–H and O–H groups in total. The summed E-state index contributed by atoms with van der Waals surface area (Å²) in [6.07, 6.45) is 0. The summed E-state index contributed by atoms with van der Waals surface area (Å²) in [6.45, 7) is 0. The molecule has 0 unspecified atom stereocenters. The van der Waals surface area contributed by atoms with Crippen molar-refractivity contribution in [2.45, 2.75) is 0 Å². The standard InChI is InChI=1S/C3H5N3O2/c4-1-2(7)6-3(5)8-1/h7H,4H2,(H2,5,6). The summed E-state index contributed by atoms with van der Waals surface area (Å²) in [5, 5.41) is 8.53. The van der Waals surface area contributed by atoms with Crippen LogP contribution in [0.15, 0.2) is 4.42 Å². The van der Waals surface area contributed by atoms with Crippen LogP contribution in [-0.4, -0.2) is 10.1 Å². The molecule has 44 valence electrons. The van der Waals surface area contributed by atoms with Gasteiger partial charge in [-0.25, -0.2) is 0 Å². The van der Waals surface area contributed by atoms with Crippen LogP contribution in [0.5, 0.6) is 5.88 Å². The van der Waals surface area contributed by atoms with E-state index in [2.05, 4.69) is 9.40 Å². The normalized spacial score (nSPS) is 9.50. The summed E-state index contributed by atoms with van der Waals surface area (Å²) in [5.41, 5.74) is 9.94. The Balaban J connectivity index is 3.14. The lowest BCUT2D eigenvalue weighted by Gasteiger charge is -1.77. The van der Waals surface area contributed by atoms with E-state index in [1.165, 1.54) is 0 Å². The fourth-order valence-corrected chi connectivity index (χ4v) is 0.341. The Morgan fingerprint density at radius 3 is 2.25 bits per heavy atom. The molecule has 0 aliphatic rings. The summed E-state index contributed by atoms with van der Waals surface area (Å²) in [6, 6.07) is -0.125. The van der Waals surface area contributed by atoms with Gasteiger partial charge in [0, 0.05) is 0 Å². The number of hydrogen-bond donors (Lipinski definition) is 3. The molecule has 0 aromatic carbocycles. The Labute approximate surface area is 44.9 Å². The molecule has 0 radical (unpaired) electrons. The zero-order chi connectivity index (χ0) is 6.15. The fourth-order valence-electron chi connectivity index (χ4n) is 0.341. The molecule has 0 bridgehead atoms. The molecule has 0 fully saturated rings. The van der Waals surface area contributed by atoms with Crippen LogP contribution in [0.3, 0.4) is 0 Å². The van der Waals surface area contributed by atoms with Crippen molar-refractivity contribution in [2.75, 3.05) is 11.5 Å². The highest BCUT2D eigenvalue weighted by atomic mass is 16.4. The highest BCUT2D eigenvalue weighted by Crippen LogP contribution is 2.19. The van der Waals surface area contributed by atoms with Gasteiger partial charge in [0.2, 0.25) is 0 Å². The third-order valence-corrected chi connectivity index (χ3v) is 0.651. The molecular weight excluding hydrogens is 110 g/mol. The quantitative estimate of drug-likeness (QED) is 0.425. The minimum absolute atomic E-state index is 0.125. The molecule has 0 amide bonds. The molecule has 5 heteroatoms. The second kappa shape index (κ2) is 1.29. The molecule has 5 nitrogen and oxygen atoms in total. The lowest BCUT2D eigenvalue weighted by Crippen LogP contribution is -1.80. The number of hydrogen-bond acceptors (Lipinski definition) is 5. The van der Waals surface area contributed by atoms with Gasteiger partial charge in [-0.1, -0.05) is 0 Å². The zero-order valence-corrected chi connectivity index (χ0v) is 3.96. The predicted octanol–water partition coefficient (Wildman–Crippen LogP) is -0.455. The van der Waals surface area contributed by atoms with Gasteiger partial charge >= 0.3 is 0 Å². The minimum atomic E-state index is -0.359. The van der Waals surface area contributed by atoms with Crippen LogP contribution < -0.4 is 11.5 Å². The van der Waals surface area contributed by atoms with Gasteiger partial charge in [-0.2, -0.15) is 4.98 Å². The molecule has 1 aromatic heterocycles. The van der Waals surface area contributed by atoms with Gasteiger partial charge in [0.15, 0.2) is 0 Å². The second-order valence-corrected chi connectivity index (χ2v) is 1.24. The first-order valence-electron chi connectivity index (χ1n) is 1.91. The van der Waals surface area contributed by atoms with E-state index in [4.69, 9.17) is 16.6 Å². The average Bonchev–Trinajstić information content (AvgIpc) is 1.85. The van der Waals surface area contributed by atoms with Crippen molar-refractivity contribution in [3.05, 3.63) is 0 Å². The van der Waals surface area contributed by atoms with Crippen LogP contribution in [-0.2, 0) is 0 Å². The summed E-state index contributed by atoms with van der Waals surface area (Å²) in [7, 11) is 0. The molecule has 1 heterocycles. The maximum absolute atomic E-state index is 8.53. The molecule has 1 aromatic rings. The molecule has 0 aliphatic carbocycles. The molecule has 1 rings (SSSR count). The minimum Gasteiger partial charge on any atom is -0.489 e. The van der Waals surface area contributed by atoms with Crippen molar-refractivity contribution in [2.24, 2.45) is 0 Å². The van der Waals surface area contributed by atoms with Crippen molar-refractivity contribution >= 4 is 11.9 Å². The van der Waals surface area contributed by atoms with Gasteiger partial charge in [0.25, 0.3) is 17.8 Å². The van der Waals surface area contributed by atoms with Gasteiger partial charge < -0.3 is 21.0 Å². The van der Waals surface area contributed by atoms with Crippen LogP contribution >= 0.6 is 0 Å². The Kier molecular flexibility index (Phi) is 0.768. The van der Waals surface area contributed by atoms with Gasteiger partial charge in [-0.3, -0.25) is 0 Å². The number of aromatic nitrogens is 1. The first kappa shape index (κ1) is 4.76. The predicted molar refractivity (Wildman–Crippen MR) is 27.0 cm³/mol. The van der Waals surface area contributed by atoms with Crippen molar-refractivity contribution in [1.29, 1.82) is 0 Å². The topological polar surface area (TPSA) is 98.3 Å². The summed E-state index contributed by atoms with van der Waals surface area (Å²) >= 11 is 0. The van der Waals surface area contributed by atoms with E-state index in [-0.39, 0.29) is 17.8 Å². The number of nitrogens with zero attached hydrogens (tertiary/aromatic N) is 1. The fraction of sp³-hybridized carbons (Fsp3) is 0. The molecule has 0 saturated carbocycles. The van der Waals surface area contributed by atoms with Gasteiger partial charge in [-0.05, 0) is 0 Å². The van der Waals surface area contributed by atoms with Gasteiger partial charge in [0.05, 0.1) is 0 Å². The van der Waals surface area contributed by atoms with Crippen molar-refractivity contribution in [1.82, 2.24) is 4.98 Å². The highest BCUT2D eigenvalue weighted by molar-refractivity contribution is 5.39. The molecule has 0 atom stereocenters. The van der Waals surface area contributed by atoms with E-state index < -0.39 is 0 Å². The maximum atomic E-state index is 8.53. The van der Waals surface area contributed by atoms with E-state index in [9.17, 15) is 0 Å². The van der Waals surface area contributed by atoms with Gasteiger partial charge in [0.1, 0.15) is 0 Å². The highest BCUT2D eigenvalue weighted by Gasteiger charge is 2.02. The summed E-state index contributed by atoms with van der Waals surface area (Å²) in [4.78, 5) is 3.25. The van der Waals surface area contributed by atoms with Crippen LogP contribution in [0, 0.1) is 0 Å². The molecule has 8 heavy (non-hydrogen) atoms. The molecule has 0 aliphatic heterocycles. The Morgan fingerprint density at radius 1 is 1.50 bits per heavy atom. The number of anilines is 2. The van der Waals surface area contributed by atoms with Gasteiger partial charge in [-0.15, -0.1) is 0 Å². The summed E-state index contributed by atoms with van der Waals surface area (Å²) in [5.74, 6) is -0.509. The van der Waals surface area contributed by atoms with E-state index >= 15 is 0 Å². The zero-order valence-electron chi connectivity index (χ0n) is 3.96. The smallest absolute Gasteiger partial charge is 0.297 e. The first-order valence-corrected chi connectivity index (χ1v) is 1.91. The SMILES string of the molecule is Nc1nc(O)c(N)o1. The number of nitrogens with two attached hydrogens (primary N) is 2. The van der Waals surface area contributed by atoms with Crippen LogP contribution in [0.25, 0.3) is 0 Å². The number of aromatic hydroxyl groups is 1. The van der Waals surface area contributed by atoms with E-state index in [0.29, 0.717) is 0 Å². The van der Waals surface area contributed by atoms with E-state index in [1.807, 2.05) is 0 Å². The largest absolute Gasteiger partial charge is 0.489 e. The maximum Gasteiger partial charge on any atom is 0.297 e. The first-order chi connectivity index (χ1) is 3.70. The number of nitrogen functional groups attached to an aromatic ring is 2. The average molecular weight is 115 g/mol. The molecular formula is C3H5N3O2. The van der Waals surface area contributed by atoms with Crippen molar-refractivity contribution < 1.29 is 9.52 Å².